The number of aliphatic imine (C=N–C) groups is 1. The molecule has 0 aliphatic carbocycles. The Kier molecular flexibility index (Phi) is 11.2. The van der Waals surface area contributed by atoms with Crippen LogP contribution in [0.15, 0.2) is 4.99 Å². The Morgan fingerprint density at radius 2 is 1.59 bits per heavy atom. The smallest absolute Gasteiger partial charge is 0.236 e. The van der Waals surface area contributed by atoms with E-state index in [2.05, 4.69) is 64.9 Å². The van der Waals surface area contributed by atoms with Gasteiger partial charge in [-0.05, 0) is 39.0 Å². The lowest BCUT2D eigenvalue weighted by atomic mass is 9.92. The van der Waals surface area contributed by atoms with Crippen LogP contribution in [-0.4, -0.2) is 98.1 Å². The molecule has 2 heterocycles. The van der Waals surface area contributed by atoms with E-state index in [4.69, 9.17) is 0 Å². The predicted molar refractivity (Wildman–Crippen MR) is 132 cm³/mol. The maximum absolute atomic E-state index is 12.7. The first kappa shape index (κ1) is 26.4. The molecule has 8 heteroatoms. The summed E-state index contributed by atoms with van der Waals surface area (Å²) in [4.78, 5) is 23.8. The fraction of sp³-hybridized carbons (Fsp3) is 0.905. The summed E-state index contributed by atoms with van der Waals surface area (Å²) in [6, 6.07) is 0. The lowest BCUT2D eigenvalue weighted by Gasteiger charge is -2.39. The largest absolute Gasteiger partial charge is 0.355 e. The van der Waals surface area contributed by atoms with E-state index in [1.807, 2.05) is 7.05 Å². The van der Waals surface area contributed by atoms with Crippen molar-refractivity contribution in [2.24, 2.45) is 16.8 Å². The predicted octanol–water partition coefficient (Wildman–Crippen LogP) is 1.69. The van der Waals surface area contributed by atoms with Crippen LogP contribution in [0.3, 0.4) is 0 Å². The summed E-state index contributed by atoms with van der Waals surface area (Å²) in [5.41, 5.74) is 0.132. The van der Waals surface area contributed by atoms with Gasteiger partial charge in [-0.25, -0.2) is 0 Å². The van der Waals surface area contributed by atoms with Crippen molar-refractivity contribution in [3.63, 3.8) is 0 Å². The van der Waals surface area contributed by atoms with Gasteiger partial charge in [-0.2, -0.15) is 0 Å². The number of guanidine groups is 1. The molecule has 0 bridgehead atoms. The van der Waals surface area contributed by atoms with E-state index in [0.29, 0.717) is 24.3 Å². The molecule has 2 fully saturated rings. The van der Waals surface area contributed by atoms with Crippen LogP contribution in [0.5, 0.6) is 0 Å². The van der Waals surface area contributed by atoms with Crippen molar-refractivity contribution in [1.29, 1.82) is 0 Å². The van der Waals surface area contributed by atoms with Gasteiger partial charge in [-0.15, -0.1) is 24.0 Å². The number of hydrogen-bond donors (Lipinski definition) is 2. The van der Waals surface area contributed by atoms with E-state index < -0.39 is 0 Å². The van der Waals surface area contributed by atoms with Gasteiger partial charge in [0.1, 0.15) is 0 Å². The van der Waals surface area contributed by atoms with Crippen LogP contribution in [0.1, 0.15) is 41.0 Å². The molecule has 2 aliphatic rings. The molecule has 0 aromatic carbocycles. The van der Waals surface area contributed by atoms with Gasteiger partial charge in [0, 0.05) is 64.9 Å². The summed E-state index contributed by atoms with van der Waals surface area (Å²) in [5.74, 6) is 2.49. The number of piperidine rings is 1. The lowest BCUT2D eigenvalue weighted by molar-refractivity contribution is -0.135. The van der Waals surface area contributed by atoms with E-state index in [0.717, 1.165) is 58.3 Å². The second-order valence-corrected chi connectivity index (χ2v) is 9.66. The molecule has 0 aromatic heterocycles. The maximum atomic E-state index is 12.7. The number of halogens is 1. The van der Waals surface area contributed by atoms with E-state index >= 15 is 0 Å². The topological polar surface area (TPSA) is 63.2 Å². The number of nitrogens with one attached hydrogen (secondary N) is 2. The highest BCUT2D eigenvalue weighted by Gasteiger charge is 2.28. The monoisotopic (exact) mass is 522 g/mol. The number of nitrogens with zero attached hydrogens (tertiary/aromatic N) is 4. The Morgan fingerprint density at radius 3 is 2.10 bits per heavy atom. The third kappa shape index (κ3) is 9.38. The Bertz CT molecular complexity index is 518. The van der Waals surface area contributed by atoms with Gasteiger partial charge in [0.25, 0.3) is 0 Å². The van der Waals surface area contributed by atoms with Crippen LogP contribution in [0, 0.1) is 11.8 Å². The zero-order chi connectivity index (χ0) is 20.7. The molecule has 2 rings (SSSR count). The van der Waals surface area contributed by atoms with Crippen molar-refractivity contribution < 1.29 is 4.79 Å². The molecule has 1 amide bonds. The number of carbonyl (C=O) groups excluding carboxylic acids is 1. The second kappa shape index (κ2) is 12.3. The van der Waals surface area contributed by atoms with E-state index in [1.54, 1.807) is 0 Å². The van der Waals surface area contributed by atoms with Gasteiger partial charge in [0.2, 0.25) is 5.91 Å². The highest BCUT2D eigenvalue weighted by molar-refractivity contribution is 14.0. The first-order chi connectivity index (χ1) is 13.2. The Labute approximate surface area is 195 Å². The molecule has 170 valence electrons. The lowest BCUT2D eigenvalue weighted by Crippen LogP contribution is -2.55. The third-order valence-corrected chi connectivity index (χ3v) is 5.53. The van der Waals surface area contributed by atoms with Crippen molar-refractivity contribution in [3.8, 4) is 0 Å². The van der Waals surface area contributed by atoms with Crippen LogP contribution in [-0.2, 0) is 4.79 Å². The summed E-state index contributed by atoms with van der Waals surface area (Å²) in [7, 11) is 1.84. The molecule has 2 unspecified atom stereocenters. The average Bonchev–Trinajstić information content (AvgIpc) is 2.61. The highest BCUT2D eigenvalue weighted by atomic mass is 127. The van der Waals surface area contributed by atoms with Crippen LogP contribution in [0.2, 0.25) is 0 Å². The number of likely N-dealkylation sites (tertiary alicyclic amines) is 1. The summed E-state index contributed by atoms with van der Waals surface area (Å²) in [5, 5.41) is 6.93. The fourth-order valence-electron chi connectivity index (χ4n) is 4.22. The van der Waals surface area contributed by atoms with E-state index in [9.17, 15) is 4.79 Å². The van der Waals surface area contributed by atoms with Gasteiger partial charge >= 0.3 is 0 Å². The third-order valence-electron chi connectivity index (χ3n) is 5.53. The summed E-state index contributed by atoms with van der Waals surface area (Å²) in [6.45, 7) is 18.8. The molecule has 2 N–H and O–H groups in total. The first-order valence-corrected chi connectivity index (χ1v) is 10.9. The summed E-state index contributed by atoms with van der Waals surface area (Å²) < 4.78 is 0. The maximum Gasteiger partial charge on any atom is 0.236 e. The highest BCUT2D eigenvalue weighted by Crippen LogP contribution is 2.21. The zero-order valence-corrected chi connectivity index (χ0v) is 21.7. The molecule has 0 aromatic rings. The Morgan fingerprint density at radius 1 is 1.00 bits per heavy atom. The van der Waals surface area contributed by atoms with Gasteiger partial charge in [0.05, 0.1) is 6.54 Å². The first-order valence-electron chi connectivity index (χ1n) is 10.9. The number of carbonyl (C=O) groups is 1. The normalized spacial score (nSPS) is 24.3. The van der Waals surface area contributed by atoms with Crippen molar-refractivity contribution >= 4 is 35.8 Å². The van der Waals surface area contributed by atoms with Crippen LogP contribution in [0.4, 0.5) is 0 Å². The van der Waals surface area contributed by atoms with Crippen molar-refractivity contribution in [1.82, 2.24) is 25.3 Å². The van der Waals surface area contributed by atoms with Crippen molar-refractivity contribution in [3.05, 3.63) is 0 Å². The van der Waals surface area contributed by atoms with Gasteiger partial charge in [-0.1, -0.05) is 13.8 Å². The van der Waals surface area contributed by atoms with Gasteiger partial charge in [-0.3, -0.25) is 14.7 Å². The summed E-state index contributed by atoms with van der Waals surface area (Å²) >= 11 is 0. The number of rotatable bonds is 5. The van der Waals surface area contributed by atoms with E-state index in [1.165, 1.54) is 6.42 Å². The molecule has 0 radical (unpaired) electrons. The number of amides is 1. The fourth-order valence-corrected chi connectivity index (χ4v) is 4.22. The van der Waals surface area contributed by atoms with Crippen LogP contribution >= 0.6 is 24.0 Å². The number of hydrogen-bond acceptors (Lipinski definition) is 4. The van der Waals surface area contributed by atoms with Crippen LogP contribution in [0.25, 0.3) is 0 Å². The van der Waals surface area contributed by atoms with Crippen molar-refractivity contribution in [2.45, 2.75) is 46.6 Å². The van der Waals surface area contributed by atoms with Crippen LogP contribution < -0.4 is 10.6 Å². The molecular formula is C21H43IN6O. The standard InChI is InChI=1S/C21H42N6O.HI/c1-17-13-18(2)15-27(14-17)19(28)16-25-9-11-26(12-10-25)20(22-6)23-7-8-24-21(3,4)5;/h17-18,24H,7-16H2,1-6H3,(H,22,23);1H. The molecule has 2 atom stereocenters. The minimum absolute atomic E-state index is 0. The van der Waals surface area contributed by atoms with Gasteiger partial charge in [0.15, 0.2) is 5.96 Å². The summed E-state index contributed by atoms with van der Waals surface area (Å²) in [6.07, 6.45) is 1.24. The second-order valence-electron chi connectivity index (χ2n) is 9.66. The zero-order valence-electron chi connectivity index (χ0n) is 19.3. The number of piperazine rings is 1. The molecule has 0 spiro atoms. The molecule has 2 aliphatic heterocycles. The minimum Gasteiger partial charge on any atom is -0.355 e. The average molecular weight is 523 g/mol. The molecule has 29 heavy (non-hydrogen) atoms. The molecule has 7 nitrogen and oxygen atoms in total. The quantitative estimate of drug-likeness (QED) is 0.249. The molecular weight excluding hydrogens is 479 g/mol. The van der Waals surface area contributed by atoms with E-state index in [-0.39, 0.29) is 29.5 Å². The Hall–Kier alpha value is -0.610. The SMILES string of the molecule is CN=C(NCCNC(C)(C)C)N1CCN(CC(=O)N2CC(C)CC(C)C2)CC1.I. The van der Waals surface area contributed by atoms with Crippen molar-refractivity contribution in [2.75, 3.05) is 66.0 Å². The Balaban J connectivity index is 0.00000420. The molecule has 2 saturated heterocycles. The van der Waals surface area contributed by atoms with Gasteiger partial charge < -0.3 is 20.4 Å². The minimum atomic E-state index is 0. The molecule has 0 saturated carbocycles.